The van der Waals surface area contributed by atoms with Gasteiger partial charge >= 0.3 is 0 Å². The molecule has 9 heteroatoms. The number of nitrogens with zero attached hydrogens (tertiary/aromatic N) is 5. The molecule has 1 N–H and O–H groups in total. The van der Waals surface area contributed by atoms with Crippen molar-refractivity contribution in [2.45, 2.75) is 21.3 Å². The summed E-state index contributed by atoms with van der Waals surface area (Å²) in [5, 5.41) is 53.9. The fourth-order valence-corrected chi connectivity index (χ4v) is 3.06. The maximum Gasteiger partial charge on any atom is 0.270 e. The van der Waals surface area contributed by atoms with Crippen molar-refractivity contribution in [1.82, 2.24) is 0 Å². The van der Waals surface area contributed by atoms with Crippen LogP contribution < -0.4 is 4.74 Å². The van der Waals surface area contributed by atoms with Gasteiger partial charge in [0.1, 0.15) is 41.5 Å². The number of hydrogen-bond donors (Lipinski definition) is 1. The smallest absolute Gasteiger partial charge is 0.270 e. The average molecular weight is 532 g/mol. The minimum absolute atomic E-state index is 0. The summed E-state index contributed by atoms with van der Waals surface area (Å²) >= 11 is 0. The molecule has 40 heavy (non-hydrogen) atoms. The number of ether oxygens (including phenoxy) is 1. The van der Waals surface area contributed by atoms with Gasteiger partial charge in [0.25, 0.3) is 5.69 Å². The quantitative estimate of drug-likeness (QED) is 0.214. The average Bonchev–Trinajstić information content (AvgIpc) is 2.93. The molecule has 9 nitrogen and oxygen atoms in total. The van der Waals surface area contributed by atoms with E-state index in [-0.39, 0.29) is 24.2 Å². The number of benzene rings is 4. The zero-order chi connectivity index (χ0) is 28.8. The number of nitriles is 4. The lowest BCUT2D eigenvalue weighted by atomic mass is 10.1. The Morgan fingerprint density at radius 2 is 1.18 bits per heavy atom. The van der Waals surface area contributed by atoms with Gasteiger partial charge in [-0.1, -0.05) is 31.7 Å². The van der Waals surface area contributed by atoms with Crippen LogP contribution in [0.1, 0.15) is 40.8 Å². The van der Waals surface area contributed by atoms with Crippen LogP contribution in [0.2, 0.25) is 0 Å². The Balaban J connectivity index is 0.000000319. The second-order valence-corrected chi connectivity index (χ2v) is 7.90. The summed E-state index contributed by atoms with van der Waals surface area (Å²) in [4.78, 5) is 9.67. The molecule has 0 saturated carbocycles. The van der Waals surface area contributed by atoms with Crippen LogP contribution in [-0.2, 0) is 0 Å². The third-order valence-corrected chi connectivity index (χ3v) is 4.91. The highest BCUT2D eigenvalue weighted by Crippen LogP contribution is 2.24. The van der Waals surface area contributed by atoms with Gasteiger partial charge in [0, 0.05) is 12.1 Å². The van der Waals surface area contributed by atoms with E-state index in [1.54, 1.807) is 42.5 Å². The molecule has 0 bridgehead atoms. The predicted octanol–water partition coefficient (Wildman–Crippen LogP) is 7.21. The first kappa shape index (κ1) is 31.9. The van der Waals surface area contributed by atoms with Gasteiger partial charge in [-0.15, -0.1) is 0 Å². The third-order valence-electron chi connectivity index (χ3n) is 4.91. The van der Waals surface area contributed by atoms with Gasteiger partial charge in [-0.2, -0.15) is 21.0 Å². The zero-order valence-electron chi connectivity index (χ0n) is 21.0. The number of nitro benzene ring substituents is 1. The van der Waals surface area contributed by atoms with Crippen molar-refractivity contribution in [3.8, 4) is 41.5 Å². The maximum atomic E-state index is 10.3. The minimum Gasteiger partial charge on any atom is -0.508 e. The lowest BCUT2D eigenvalue weighted by molar-refractivity contribution is -0.384. The highest BCUT2D eigenvalue weighted by molar-refractivity contribution is 5.51. The van der Waals surface area contributed by atoms with Gasteiger partial charge in [0.2, 0.25) is 0 Å². The summed E-state index contributed by atoms with van der Waals surface area (Å²) in [6.45, 7) is 3.92. The molecule has 0 aliphatic carbocycles. The highest BCUT2D eigenvalue weighted by atomic mass is 16.6. The normalized spacial score (nSPS) is 8.75. The number of rotatable bonds is 3. The SMILES string of the molecule is C.Cc1cccc(O)c1.Cc1cccc(Oc2ccc(C#N)c(C#N)c2)c1.N#Cc1ccc([N+](=O)[O-])cc1C#N. The molecule has 0 heterocycles. The minimum atomic E-state index is -0.609. The maximum absolute atomic E-state index is 10.3. The van der Waals surface area contributed by atoms with E-state index in [1.807, 2.05) is 62.4 Å². The predicted molar refractivity (Wildman–Crippen MR) is 149 cm³/mol. The van der Waals surface area contributed by atoms with Crippen LogP contribution in [-0.4, -0.2) is 10.0 Å². The number of aryl methyl sites for hydroxylation is 2. The molecule has 0 unspecified atom stereocenters. The first-order valence-electron chi connectivity index (χ1n) is 11.2. The van der Waals surface area contributed by atoms with E-state index in [2.05, 4.69) is 0 Å². The molecule has 0 aromatic heterocycles. The lowest BCUT2D eigenvalue weighted by Gasteiger charge is -2.06. The van der Waals surface area contributed by atoms with Gasteiger partial charge in [-0.3, -0.25) is 10.1 Å². The molecule has 198 valence electrons. The monoisotopic (exact) mass is 531 g/mol. The third kappa shape index (κ3) is 9.71. The van der Waals surface area contributed by atoms with Crippen LogP contribution in [0.15, 0.2) is 84.9 Å². The van der Waals surface area contributed by atoms with Crippen molar-refractivity contribution in [2.24, 2.45) is 0 Å². The number of hydrogen-bond acceptors (Lipinski definition) is 8. The molecule has 0 aliphatic heterocycles. The Hall–Kier alpha value is -6.16. The number of non-ortho nitro benzene ring substituents is 1. The standard InChI is InChI=1S/C15H10N2O.C8H3N3O2.C7H8O.CH4/c1-11-3-2-4-14(7-11)18-15-6-5-12(9-16)13(8-15)10-17;9-4-6-1-2-8(11(12)13)3-7(6)5-10;1-6-3-2-4-7(8)5-6;/h2-8H,1H3;1-3H;2-5,8H,1H3;1H4. The highest BCUT2D eigenvalue weighted by Gasteiger charge is 2.09. The zero-order valence-corrected chi connectivity index (χ0v) is 21.0. The first-order valence-corrected chi connectivity index (χ1v) is 11.2. The molecular weight excluding hydrogens is 506 g/mol. The van der Waals surface area contributed by atoms with E-state index >= 15 is 0 Å². The van der Waals surface area contributed by atoms with Gasteiger partial charge in [-0.05, 0) is 73.5 Å². The fourth-order valence-electron chi connectivity index (χ4n) is 3.06. The lowest BCUT2D eigenvalue weighted by Crippen LogP contribution is -1.90. The van der Waals surface area contributed by atoms with Crippen LogP contribution in [0.4, 0.5) is 5.69 Å². The Morgan fingerprint density at radius 3 is 1.65 bits per heavy atom. The summed E-state index contributed by atoms with van der Waals surface area (Å²) in [6.07, 6.45) is 0. The van der Waals surface area contributed by atoms with Crippen molar-refractivity contribution in [3.05, 3.63) is 128 Å². The molecule has 0 spiro atoms. The summed E-state index contributed by atoms with van der Waals surface area (Å²) < 4.78 is 5.64. The summed E-state index contributed by atoms with van der Waals surface area (Å²) in [7, 11) is 0. The molecule has 0 amide bonds. The van der Waals surface area contributed by atoms with Gasteiger partial charge in [-0.25, -0.2) is 0 Å². The molecule has 4 aromatic carbocycles. The Morgan fingerprint density at radius 1 is 0.675 bits per heavy atom. The Kier molecular flexibility index (Phi) is 12.6. The van der Waals surface area contributed by atoms with Crippen molar-refractivity contribution in [1.29, 1.82) is 21.0 Å². The largest absolute Gasteiger partial charge is 0.508 e. The van der Waals surface area contributed by atoms with Gasteiger partial charge in [0.05, 0.1) is 27.2 Å². The van der Waals surface area contributed by atoms with Crippen molar-refractivity contribution < 1.29 is 14.8 Å². The fraction of sp³-hybridized carbons (Fsp3) is 0.0968. The van der Waals surface area contributed by atoms with E-state index in [4.69, 9.17) is 30.9 Å². The molecule has 0 radical (unpaired) electrons. The number of aromatic hydroxyl groups is 1. The molecule has 4 aromatic rings. The van der Waals surface area contributed by atoms with E-state index in [0.717, 1.165) is 17.2 Å². The summed E-state index contributed by atoms with van der Waals surface area (Å²) in [5.41, 5.74) is 2.85. The van der Waals surface area contributed by atoms with Crippen molar-refractivity contribution in [3.63, 3.8) is 0 Å². The molecule has 0 atom stereocenters. The second kappa shape index (κ2) is 15.8. The van der Waals surface area contributed by atoms with Crippen LogP contribution in [0.5, 0.6) is 17.2 Å². The first-order chi connectivity index (χ1) is 18.7. The summed E-state index contributed by atoms with van der Waals surface area (Å²) in [5.74, 6) is 1.60. The van der Waals surface area contributed by atoms with Crippen LogP contribution in [0.3, 0.4) is 0 Å². The summed E-state index contributed by atoms with van der Waals surface area (Å²) in [6, 6.07) is 30.6. The molecule has 0 aliphatic rings. The van der Waals surface area contributed by atoms with E-state index in [9.17, 15) is 10.1 Å². The number of phenolic OH excluding ortho intramolecular Hbond substituents is 1. The second-order valence-electron chi connectivity index (χ2n) is 7.90. The van der Waals surface area contributed by atoms with Gasteiger partial charge < -0.3 is 9.84 Å². The topological polar surface area (TPSA) is 168 Å². The van der Waals surface area contributed by atoms with E-state index < -0.39 is 4.92 Å². The number of nitro groups is 1. The van der Waals surface area contributed by atoms with Gasteiger partial charge in [0.15, 0.2) is 0 Å². The van der Waals surface area contributed by atoms with Crippen LogP contribution >= 0.6 is 0 Å². The van der Waals surface area contributed by atoms with Crippen molar-refractivity contribution in [2.75, 3.05) is 0 Å². The van der Waals surface area contributed by atoms with Crippen molar-refractivity contribution >= 4 is 5.69 Å². The van der Waals surface area contributed by atoms with E-state index in [1.165, 1.54) is 12.1 Å². The number of phenols is 1. The van der Waals surface area contributed by atoms with Crippen LogP contribution in [0.25, 0.3) is 0 Å². The molecular formula is C31H25N5O4. The Labute approximate surface area is 232 Å². The molecule has 4 rings (SSSR count). The van der Waals surface area contributed by atoms with Crippen LogP contribution in [0, 0.1) is 69.3 Å². The molecule has 0 saturated heterocycles. The van der Waals surface area contributed by atoms with E-state index in [0.29, 0.717) is 28.4 Å². The Bertz CT molecular complexity index is 1640. The molecule has 0 fully saturated rings.